The standard InChI is InChI=1S/C15H21N3/c1-13(2)12-17-6-8-18(9-7-17)15-5-3-4-14(10-15)11-16/h3-5,10,13H,6-9,12H2,1-2H3. The van der Waals surface area contributed by atoms with Crippen molar-refractivity contribution in [3.63, 3.8) is 0 Å². The van der Waals surface area contributed by atoms with E-state index in [4.69, 9.17) is 5.26 Å². The Bertz CT molecular complexity index is 426. The fourth-order valence-corrected chi connectivity index (χ4v) is 2.48. The maximum Gasteiger partial charge on any atom is 0.0992 e. The Kier molecular flexibility index (Phi) is 4.22. The molecule has 1 fully saturated rings. The molecule has 0 saturated carbocycles. The number of anilines is 1. The summed E-state index contributed by atoms with van der Waals surface area (Å²) in [4.78, 5) is 4.90. The highest BCUT2D eigenvalue weighted by Crippen LogP contribution is 2.18. The molecule has 1 saturated heterocycles. The zero-order chi connectivity index (χ0) is 13.0. The van der Waals surface area contributed by atoms with Gasteiger partial charge in [0.15, 0.2) is 0 Å². The van der Waals surface area contributed by atoms with Crippen LogP contribution in [0, 0.1) is 17.2 Å². The van der Waals surface area contributed by atoms with Gasteiger partial charge in [0.2, 0.25) is 0 Å². The van der Waals surface area contributed by atoms with Crippen LogP contribution in [0.3, 0.4) is 0 Å². The van der Waals surface area contributed by atoms with E-state index in [1.807, 2.05) is 18.2 Å². The SMILES string of the molecule is CC(C)CN1CCN(c2cccc(C#N)c2)CC1. The van der Waals surface area contributed by atoms with Crippen molar-refractivity contribution < 1.29 is 0 Å². The van der Waals surface area contributed by atoms with Crippen LogP contribution >= 0.6 is 0 Å². The average Bonchev–Trinajstić information content (AvgIpc) is 2.39. The first kappa shape index (κ1) is 12.9. The molecule has 0 bridgehead atoms. The van der Waals surface area contributed by atoms with Crippen molar-refractivity contribution in [1.82, 2.24) is 4.90 Å². The molecule has 0 aromatic heterocycles. The molecule has 0 N–H and O–H groups in total. The van der Waals surface area contributed by atoms with Crippen molar-refractivity contribution in [3.05, 3.63) is 29.8 Å². The smallest absolute Gasteiger partial charge is 0.0992 e. The van der Waals surface area contributed by atoms with E-state index < -0.39 is 0 Å². The second-order valence-corrected chi connectivity index (χ2v) is 5.34. The summed E-state index contributed by atoms with van der Waals surface area (Å²) in [7, 11) is 0. The Morgan fingerprint density at radius 3 is 2.56 bits per heavy atom. The third kappa shape index (κ3) is 3.24. The molecule has 2 rings (SSSR count). The van der Waals surface area contributed by atoms with E-state index in [-0.39, 0.29) is 0 Å². The summed E-state index contributed by atoms with van der Waals surface area (Å²) in [5.41, 5.74) is 1.93. The van der Waals surface area contributed by atoms with E-state index in [0.717, 1.165) is 37.7 Å². The maximum atomic E-state index is 8.92. The Balaban J connectivity index is 1.95. The van der Waals surface area contributed by atoms with Crippen molar-refractivity contribution in [1.29, 1.82) is 5.26 Å². The third-order valence-corrected chi connectivity index (χ3v) is 3.34. The van der Waals surface area contributed by atoms with Crippen LogP contribution < -0.4 is 4.90 Å². The van der Waals surface area contributed by atoms with Gasteiger partial charge in [0.1, 0.15) is 0 Å². The number of piperazine rings is 1. The number of nitrogens with zero attached hydrogens (tertiary/aromatic N) is 3. The highest BCUT2D eigenvalue weighted by atomic mass is 15.3. The summed E-state index contributed by atoms with van der Waals surface area (Å²) in [6.45, 7) is 10.1. The Morgan fingerprint density at radius 2 is 1.94 bits per heavy atom. The van der Waals surface area contributed by atoms with Crippen LogP contribution in [0.25, 0.3) is 0 Å². The Labute approximate surface area is 110 Å². The molecule has 1 aliphatic heterocycles. The van der Waals surface area contributed by atoms with Gasteiger partial charge in [0.25, 0.3) is 0 Å². The predicted octanol–water partition coefficient (Wildman–Crippen LogP) is 2.34. The van der Waals surface area contributed by atoms with Crippen LogP contribution in [0.15, 0.2) is 24.3 Å². The van der Waals surface area contributed by atoms with Gasteiger partial charge < -0.3 is 4.90 Å². The monoisotopic (exact) mass is 243 g/mol. The first-order valence-electron chi connectivity index (χ1n) is 6.66. The van der Waals surface area contributed by atoms with Gasteiger partial charge in [-0.05, 0) is 24.1 Å². The lowest BCUT2D eigenvalue weighted by Gasteiger charge is -2.36. The fourth-order valence-electron chi connectivity index (χ4n) is 2.48. The minimum absolute atomic E-state index is 0.735. The van der Waals surface area contributed by atoms with E-state index in [1.54, 1.807) is 0 Å². The Morgan fingerprint density at radius 1 is 1.22 bits per heavy atom. The molecule has 0 aliphatic carbocycles. The lowest BCUT2D eigenvalue weighted by Crippen LogP contribution is -2.47. The second-order valence-electron chi connectivity index (χ2n) is 5.34. The van der Waals surface area contributed by atoms with Crippen LogP contribution in [-0.4, -0.2) is 37.6 Å². The summed E-state index contributed by atoms with van der Waals surface area (Å²) in [5.74, 6) is 0.735. The maximum absolute atomic E-state index is 8.92. The zero-order valence-electron chi connectivity index (χ0n) is 11.3. The Hall–Kier alpha value is -1.53. The average molecular weight is 243 g/mol. The van der Waals surface area contributed by atoms with E-state index in [0.29, 0.717) is 0 Å². The van der Waals surface area contributed by atoms with Gasteiger partial charge in [-0.25, -0.2) is 0 Å². The molecule has 96 valence electrons. The normalized spacial score (nSPS) is 16.9. The largest absolute Gasteiger partial charge is 0.369 e. The first-order chi connectivity index (χ1) is 8.69. The van der Waals surface area contributed by atoms with Crippen molar-refractivity contribution in [2.45, 2.75) is 13.8 Å². The van der Waals surface area contributed by atoms with E-state index in [1.165, 1.54) is 12.2 Å². The van der Waals surface area contributed by atoms with Crippen LogP contribution in [0.5, 0.6) is 0 Å². The van der Waals surface area contributed by atoms with Crippen molar-refractivity contribution in [2.75, 3.05) is 37.6 Å². The lowest BCUT2D eigenvalue weighted by atomic mass is 10.1. The molecule has 18 heavy (non-hydrogen) atoms. The molecule has 0 atom stereocenters. The minimum Gasteiger partial charge on any atom is -0.369 e. The van der Waals surface area contributed by atoms with Gasteiger partial charge in [0.05, 0.1) is 11.6 Å². The molecule has 1 aromatic rings. The summed E-state index contributed by atoms with van der Waals surface area (Å²) < 4.78 is 0. The summed E-state index contributed by atoms with van der Waals surface area (Å²) in [6.07, 6.45) is 0. The molecule has 1 aromatic carbocycles. The molecule has 3 heteroatoms. The molecule has 1 heterocycles. The lowest BCUT2D eigenvalue weighted by molar-refractivity contribution is 0.231. The van der Waals surface area contributed by atoms with Crippen LogP contribution in [0.2, 0.25) is 0 Å². The van der Waals surface area contributed by atoms with Gasteiger partial charge in [-0.1, -0.05) is 19.9 Å². The molecule has 0 unspecified atom stereocenters. The van der Waals surface area contributed by atoms with E-state index in [9.17, 15) is 0 Å². The van der Waals surface area contributed by atoms with Crippen molar-refractivity contribution >= 4 is 5.69 Å². The van der Waals surface area contributed by atoms with Gasteiger partial charge >= 0.3 is 0 Å². The van der Waals surface area contributed by atoms with Crippen molar-refractivity contribution in [2.24, 2.45) is 5.92 Å². The van der Waals surface area contributed by atoms with Gasteiger partial charge in [-0.3, -0.25) is 4.90 Å². The second kappa shape index (κ2) is 5.88. The number of rotatable bonds is 3. The molecule has 0 radical (unpaired) electrons. The van der Waals surface area contributed by atoms with Crippen LogP contribution in [0.4, 0.5) is 5.69 Å². The van der Waals surface area contributed by atoms with E-state index >= 15 is 0 Å². The molecular weight excluding hydrogens is 222 g/mol. The van der Waals surface area contributed by atoms with Crippen molar-refractivity contribution in [3.8, 4) is 6.07 Å². The zero-order valence-corrected chi connectivity index (χ0v) is 11.3. The molecule has 1 aliphatic rings. The summed E-state index contributed by atoms with van der Waals surface area (Å²) >= 11 is 0. The van der Waals surface area contributed by atoms with Gasteiger partial charge in [0, 0.05) is 38.4 Å². The van der Waals surface area contributed by atoms with Gasteiger partial charge in [-0.2, -0.15) is 5.26 Å². The van der Waals surface area contributed by atoms with Crippen LogP contribution in [-0.2, 0) is 0 Å². The number of hydrogen-bond acceptors (Lipinski definition) is 3. The van der Waals surface area contributed by atoms with E-state index in [2.05, 4.69) is 35.8 Å². The molecule has 0 amide bonds. The molecule has 0 spiro atoms. The quantitative estimate of drug-likeness (QED) is 0.816. The summed E-state index contributed by atoms with van der Waals surface area (Å²) in [6, 6.07) is 10.1. The predicted molar refractivity (Wildman–Crippen MR) is 74.6 cm³/mol. The van der Waals surface area contributed by atoms with Crippen LogP contribution in [0.1, 0.15) is 19.4 Å². The highest BCUT2D eigenvalue weighted by Gasteiger charge is 2.17. The highest BCUT2D eigenvalue weighted by molar-refractivity contribution is 5.51. The van der Waals surface area contributed by atoms with Gasteiger partial charge in [-0.15, -0.1) is 0 Å². The third-order valence-electron chi connectivity index (χ3n) is 3.34. The molecular formula is C15H21N3. The number of nitriles is 1. The first-order valence-corrected chi connectivity index (χ1v) is 6.66. The summed E-state index contributed by atoms with van der Waals surface area (Å²) in [5, 5.41) is 8.92. The molecule has 3 nitrogen and oxygen atoms in total. The number of hydrogen-bond donors (Lipinski definition) is 0. The minimum atomic E-state index is 0.735. The topological polar surface area (TPSA) is 30.3 Å². The number of benzene rings is 1. The fraction of sp³-hybridized carbons (Fsp3) is 0.533.